The van der Waals surface area contributed by atoms with Crippen molar-refractivity contribution >= 4 is 17.9 Å². The molecule has 0 fully saturated rings. The highest BCUT2D eigenvalue weighted by atomic mass is 16.6. The van der Waals surface area contributed by atoms with Crippen LogP contribution < -0.4 is 0 Å². The molecule has 0 aromatic rings. The first-order chi connectivity index (χ1) is 29.5. The quantitative estimate of drug-likeness (QED) is 0.0200. The number of carbonyl (C=O) groups excluding carboxylic acids is 3. The first kappa shape index (κ1) is 56.6. The second-order valence-electron chi connectivity index (χ2n) is 16.1. The van der Waals surface area contributed by atoms with Crippen molar-refractivity contribution in [1.82, 2.24) is 0 Å². The lowest BCUT2D eigenvalue weighted by Gasteiger charge is -2.18. The zero-order valence-corrected chi connectivity index (χ0v) is 38.9. The standard InChI is InChI=1S/C54H90O6/c1-4-7-10-13-16-19-22-25-26-27-30-32-35-38-41-44-47-53(56)59-50-51(60-54(57)48-45-42-39-36-33-29-24-21-18-15-12-9-6-3)49-58-52(55)46-43-40-37-34-31-28-23-20-17-14-11-8-5-2/h9,12,15,18,21,24,26-29,31,33,37,40,51H,4-8,10-11,13-14,16-17,19-20,22-23,25,30,32,34-36,38-39,41-50H2,1-3H3/b12-9-,18-15-,24-21-,27-26-,31-28-,33-29-,40-37-. The molecular formula is C54H90O6. The van der Waals surface area contributed by atoms with Crippen LogP contribution in [0.25, 0.3) is 0 Å². The molecule has 0 saturated carbocycles. The predicted molar refractivity (Wildman–Crippen MR) is 256 cm³/mol. The van der Waals surface area contributed by atoms with Gasteiger partial charge in [0.25, 0.3) is 0 Å². The Bertz CT molecular complexity index is 1190. The van der Waals surface area contributed by atoms with E-state index in [1.807, 2.05) is 42.5 Å². The number of hydrogen-bond donors (Lipinski definition) is 0. The summed E-state index contributed by atoms with van der Waals surface area (Å²) in [6.07, 6.45) is 61.5. The van der Waals surface area contributed by atoms with E-state index in [1.54, 1.807) is 0 Å². The monoisotopic (exact) mass is 835 g/mol. The normalized spacial score (nSPS) is 12.8. The van der Waals surface area contributed by atoms with Crippen LogP contribution in [0.2, 0.25) is 0 Å². The van der Waals surface area contributed by atoms with E-state index in [4.69, 9.17) is 14.2 Å². The van der Waals surface area contributed by atoms with Crippen LogP contribution in [-0.4, -0.2) is 37.2 Å². The fourth-order valence-electron chi connectivity index (χ4n) is 6.50. The summed E-state index contributed by atoms with van der Waals surface area (Å²) in [5.74, 6) is -1.04. The molecule has 6 nitrogen and oxygen atoms in total. The lowest BCUT2D eigenvalue weighted by atomic mass is 10.1. The van der Waals surface area contributed by atoms with Crippen molar-refractivity contribution in [2.45, 2.75) is 226 Å². The van der Waals surface area contributed by atoms with Gasteiger partial charge in [0, 0.05) is 19.3 Å². The number of rotatable bonds is 43. The van der Waals surface area contributed by atoms with Crippen LogP contribution >= 0.6 is 0 Å². The second-order valence-corrected chi connectivity index (χ2v) is 16.1. The van der Waals surface area contributed by atoms with Gasteiger partial charge in [-0.1, -0.05) is 202 Å². The highest BCUT2D eigenvalue weighted by Gasteiger charge is 2.19. The molecule has 0 radical (unpaired) electrons. The van der Waals surface area contributed by atoms with E-state index in [0.29, 0.717) is 19.3 Å². The molecule has 0 aliphatic heterocycles. The van der Waals surface area contributed by atoms with Crippen LogP contribution in [0.3, 0.4) is 0 Å². The molecule has 0 aromatic heterocycles. The Kier molecular flexibility index (Phi) is 45.5. The summed E-state index contributed by atoms with van der Waals surface area (Å²) in [5, 5.41) is 0. The summed E-state index contributed by atoms with van der Waals surface area (Å²) in [6.45, 7) is 6.38. The maximum absolute atomic E-state index is 12.7. The molecule has 0 aliphatic carbocycles. The van der Waals surface area contributed by atoms with Crippen molar-refractivity contribution in [3.63, 3.8) is 0 Å². The van der Waals surface area contributed by atoms with E-state index in [1.165, 1.54) is 96.3 Å². The SMILES string of the molecule is CC\C=C/C=C\C=C/C=C\CCCCCC(=O)OC(COC(=O)CC/C=C\C/C=C\CCCCCCCC)COC(=O)CCCCCCC/C=C\CCCCCCCCC. The number of carbonyl (C=O) groups is 3. The molecule has 6 heteroatoms. The lowest BCUT2D eigenvalue weighted by molar-refractivity contribution is -0.166. The molecule has 60 heavy (non-hydrogen) atoms. The summed E-state index contributed by atoms with van der Waals surface area (Å²) in [7, 11) is 0. The third kappa shape index (κ3) is 45.7. The largest absolute Gasteiger partial charge is 0.462 e. The maximum Gasteiger partial charge on any atom is 0.306 e. The number of unbranched alkanes of at least 4 members (excludes halogenated alkanes) is 21. The van der Waals surface area contributed by atoms with Crippen molar-refractivity contribution in [2.24, 2.45) is 0 Å². The van der Waals surface area contributed by atoms with Gasteiger partial charge in [-0.05, 0) is 83.5 Å². The van der Waals surface area contributed by atoms with E-state index in [2.05, 4.69) is 63.3 Å². The summed E-state index contributed by atoms with van der Waals surface area (Å²) in [6, 6.07) is 0. The molecule has 0 amide bonds. The van der Waals surface area contributed by atoms with Gasteiger partial charge in [-0.15, -0.1) is 0 Å². The zero-order valence-electron chi connectivity index (χ0n) is 38.9. The average molecular weight is 835 g/mol. The van der Waals surface area contributed by atoms with Gasteiger partial charge in [0.1, 0.15) is 13.2 Å². The van der Waals surface area contributed by atoms with Gasteiger partial charge in [0.2, 0.25) is 0 Å². The molecule has 1 atom stereocenters. The highest BCUT2D eigenvalue weighted by Crippen LogP contribution is 2.13. The Hall–Kier alpha value is -3.41. The van der Waals surface area contributed by atoms with Crippen LogP contribution in [0.15, 0.2) is 85.1 Å². The molecule has 0 bridgehead atoms. The van der Waals surface area contributed by atoms with Gasteiger partial charge >= 0.3 is 17.9 Å². The van der Waals surface area contributed by atoms with Crippen LogP contribution in [0.4, 0.5) is 0 Å². The molecule has 1 unspecified atom stereocenters. The Morgan fingerprint density at radius 1 is 0.367 bits per heavy atom. The molecule has 0 aliphatic rings. The van der Waals surface area contributed by atoms with E-state index in [0.717, 1.165) is 70.6 Å². The summed E-state index contributed by atoms with van der Waals surface area (Å²) < 4.78 is 16.7. The first-order valence-electron chi connectivity index (χ1n) is 24.6. The lowest BCUT2D eigenvalue weighted by Crippen LogP contribution is -2.30. The van der Waals surface area contributed by atoms with E-state index < -0.39 is 6.10 Å². The molecule has 342 valence electrons. The Balaban J connectivity index is 4.51. The third-order valence-electron chi connectivity index (χ3n) is 10.2. The van der Waals surface area contributed by atoms with Gasteiger partial charge in [-0.3, -0.25) is 14.4 Å². The van der Waals surface area contributed by atoms with Crippen molar-refractivity contribution in [3.05, 3.63) is 85.1 Å². The Morgan fingerprint density at radius 2 is 0.750 bits per heavy atom. The van der Waals surface area contributed by atoms with Gasteiger partial charge in [-0.25, -0.2) is 0 Å². The number of ether oxygens (including phenoxy) is 3. The van der Waals surface area contributed by atoms with E-state index in [9.17, 15) is 14.4 Å². The molecule has 0 heterocycles. The Morgan fingerprint density at radius 3 is 1.28 bits per heavy atom. The Labute approximate surface area is 369 Å². The molecule has 0 saturated heterocycles. The smallest absolute Gasteiger partial charge is 0.306 e. The van der Waals surface area contributed by atoms with Crippen LogP contribution in [0.5, 0.6) is 0 Å². The van der Waals surface area contributed by atoms with Gasteiger partial charge in [0.15, 0.2) is 6.10 Å². The molecular weight excluding hydrogens is 745 g/mol. The molecule has 0 spiro atoms. The predicted octanol–water partition coefficient (Wildman–Crippen LogP) is 16.0. The minimum atomic E-state index is -0.821. The fourth-order valence-corrected chi connectivity index (χ4v) is 6.50. The third-order valence-corrected chi connectivity index (χ3v) is 10.2. The maximum atomic E-state index is 12.7. The topological polar surface area (TPSA) is 78.9 Å². The van der Waals surface area contributed by atoms with E-state index >= 15 is 0 Å². The molecule has 0 rings (SSSR count). The summed E-state index contributed by atoms with van der Waals surface area (Å²) in [4.78, 5) is 37.8. The summed E-state index contributed by atoms with van der Waals surface area (Å²) in [5.41, 5.74) is 0. The number of allylic oxidation sites excluding steroid dienone is 14. The molecule has 0 aromatic carbocycles. The zero-order chi connectivity index (χ0) is 43.7. The van der Waals surface area contributed by atoms with Gasteiger partial charge in [0.05, 0.1) is 0 Å². The minimum absolute atomic E-state index is 0.115. The van der Waals surface area contributed by atoms with Crippen LogP contribution in [0, 0.1) is 0 Å². The van der Waals surface area contributed by atoms with Crippen LogP contribution in [0.1, 0.15) is 220 Å². The highest BCUT2D eigenvalue weighted by molar-refractivity contribution is 5.71. The van der Waals surface area contributed by atoms with Crippen molar-refractivity contribution in [1.29, 1.82) is 0 Å². The number of esters is 3. The average Bonchev–Trinajstić information content (AvgIpc) is 3.24. The van der Waals surface area contributed by atoms with E-state index in [-0.39, 0.29) is 44.0 Å². The minimum Gasteiger partial charge on any atom is -0.462 e. The molecule has 0 N–H and O–H groups in total. The second kappa shape index (κ2) is 48.3. The first-order valence-corrected chi connectivity index (χ1v) is 24.6. The fraction of sp³-hybridized carbons (Fsp3) is 0.685. The van der Waals surface area contributed by atoms with Gasteiger partial charge < -0.3 is 14.2 Å². The van der Waals surface area contributed by atoms with Crippen LogP contribution in [-0.2, 0) is 28.6 Å². The van der Waals surface area contributed by atoms with Crippen molar-refractivity contribution < 1.29 is 28.6 Å². The van der Waals surface area contributed by atoms with Gasteiger partial charge in [-0.2, -0.15) is 0 Å². The van der Waals surface area contributed by atoms with Crippen molar-refractivity contribution in [3.8, 4) is 0 Å². The summed E-state index contributed by atoms with van der Waals surface area (Å²) >= 11 is 0. The van der Waals surface area contributed by atoms with Crippen molar-refractivity contribution in [2.75, 3.05) is 13.2 Å². The number of hydrogen-bond acceptors (Lipinski definition) is 6.